The van der Waals surface area contributed by atoms with Crippen LogP contribution in [0.3, 0.4) is 0 Å². The van der Waals surface area contributed by atoms with Crippen LogP contribution in [0.25, 0.3) is 0 Å². The normalized spacial score (nSPS) is 12.4. The molecule has 2 aromatic rings. The number of rotatable bonds is 4. The van der Waals surface area contributed by atoms with E-state index >= 15 is 0 Å². The lowest BCUT2D eigenvalue weighted by Gasteiger charge is -2.13. The molecule has 1 nitrogen and oxygen atoms in total. The van der Waals surface area contributed by atoms with Crippen LogP contribution in [0.5, 0.6) is 0 Å². The standard InChI is InChI=1S/C14H13ClFNS/c15-13-4-2-1-3-12(13)14(17)9-18-11-7-5-10(16)6-8-11/h1-8,14H,9,17H2. The molecular formula is C14H13ClFNS. The average molecular weight is 282 g/mol. The first-order valence-electron chi connectivity index (χ1n) is 5.55. The van der Waals surface area contributed by atoms with Crippen molar-refractivity contribution in [3.8, 4) is 0 Å². The molecule has 0 aromatic heterocycles. The third-order valence-corrected chi connectivity index (χ3v) is 4.02. The maximum Gasteiger partial charge on any atom is 0.123 e. The van der Waals surface area contributed by atoms with E-state index in [9.17, 15) is 4.39 Å². The zero-order valence-corrected chi connectivity index (χ0v) is 11.2. The summed E-state index contributed by atoms with van der Waals surface area (Å²) in [6.07, 6.45) is 0. The van der Waals surface area contributed by atoms with Gasteiger partial charge in [0.15, 0.2) is 0 Å². The van der Waals surface area contributed by atoms with Crippen LogP contribution in [0, 0.1) is 5.82 Å². The molecule has 0 saturated heterocycles. The Bertz CT molecular complexity index is 515. The lowest BCUT2D eigenvalue weighted by molar-refractivity contribution is 0.626. The van der Waals surface area contributed by atoms with Crippen molar-refractivity contribution in [1.29, 1.82) is 0 Å². The molecule has 0 fully saturated rings. The van der Waals surface area contributed by atoms with Crippen LogP contribution in [-0.2, 0) is 0 Å². The molecule has 4 heteroatoms. The summed E-state index contributed by atoms with van der Waals surface area (Å²) in [7, 11) is 0. The Morgan fingerprint density at radius 1 is 1.11 bits per heavy atom. The smallest absolute Gasteiger partial charge is 0.123 e. The molecule has 2 N–H and O–H groups in total. The van der Waals surface area contributed by atoms with E-state index < -0.39 is 0 Å². The van der Waals surface area contributed by atoms with Crippen molar-refractivity contribution in [2.24, 2.45) is 5.73 Å². The molecule has 94 valence electrons. The maximum absolute atomic E-state index is 12.8. The molecule has 1 unspecified atom stereocenters. The second-order valence-electron chi connectivity index (χ2n) is 3.89. The number of benzene rings is 2. The van der Waals surface area contributed by atoms with Gasteiger partial charge < -0.3 is 5.73 Å². The van der Waals surface area contributed by atoms with Crippen LogP contribution < -0.4 is 5.73 Å². The number of hydrogen-bond acceptors (Lipinski definition) is 2. The Kier molecular flexibility index (Phi) is 4.64. The number of halogens is 2. The molecular weight excluding hydrogens is 269 g/mol. The van der Waals surface area contributed by atoms with Crippen LogP contribution >= 0.6 is 23.4 Å². The summed E-state index contributed by atoms with van der Waals surface area (Å²) in [5.41, 5.74) is 7.03. The fraction of sp³-hybridized carbons (Fsp3) is 0.143. The van der Waals surface area contributed by atoms with Crippen LogP contribution in [0.4, 0.5) is 4.39 Å². The molecule has 0 radical (unpaired) electrons. The third kappa shape index (κ3) is 3.48. The predicted octanol–water partition coefficient (Wildman–Crippen LogP) is 4.27. The van der Waals surface area contributed by atoms with Gasteiger partial charge in [-0.15, -0.1) is 11.8 Å². The molecule has 0 saturated carbocycles. The lowest BCUT2D eigenvalue weighted by Crippen LogP contribution is -2.13. The van der Waals surface area contributed by atoms with Crippen molar-refractivity contribution in [1.82, 2.24) is 0 Å². The van der Waals surface area contributed by atoms with Crippen molar-refractivity contribution in [2.75, 3.05) is 5.75 Å². The molecule has 0 aliphatic rings. The lowest BCUT2D eigenvalue weighted by atomic mass is 10.1. The Balaban J connectivity index is 1.98. The van der Waals surface area contributed by atoms with Crippen molar-refractivity contribution in [3.63, 3.8) is 0 Å². The van der Waals surface area contributed by atoms with E-state index in [1.54, 1.807) is 23.9 Å². The van der Waals surface area contributed by atoms with Crippen molar-refractivity contribution in [3.05, 3.63) is 64.9 Å². The number of hydrogen-bond donors (Lipinski definition) is 1. The summed E-state index contributed by atoms with van der Waals surface area (Å²) in [6, 6.07) is 13.8. The van der Waals surface area contributed by atoms with Gasteiger partial charge in [-0.1, -0.05) is 29.8 Å². The molecule has 0 aliphatic heterocycles. The van der Waals surface area contributed by atoms with Gasteiger partial charge in [-0.05, 0) is 35.9 Å². The minimum Gasteiger partial charge on any atom is -0.323 e. The summed E-state index contributed by atoms with van der Waals surface area (Å²) in [5, 5.41) is 0.685. The van der Waals surface area contributed by atoms with E-state index in [4.69, 9.17) is 17.3 Å². The average Bonchev–Trinajstić information content (AvgIpc) is 2.38. The highest BCUT2D eigenvalue weighted by Crippen LogP contribution is 2.27. The molecule has 0 bridgehead atoms. The van der Waals surface area contributed by atoms with Gasteiger partial charge >= 0.3 is 0 Å². The highest BCUT2D eigenvalue weighted by Gasteiger charge is 2.09. The Labute approximate surface area is 115 Å². The first-order valence-corrected chi connectivity index (χ1v) is 6.91. The summed E-state index contributed by atoms with van der Waals surface area (Å²) in [5.74, 6) is 0.477. The van der Waals surface area contributed by atoms with E-state index in [0.717, 1.165) is 10.5 Å². The minimum atomic E-state index is -0.227. The number of thioether (sulfide) groups is 1. The molecule has 0 aliphatic carbocycles. The van der Waals surface area contributed by atoms with E-state index in [1.165, 1.54) is 12.1 Å². The van der Waals surface area contributed by atoms with Gasteiger partial charge in [0.1, 0.15) is 5.82 Å². The predicted molar refractivity (Wildman–Crippen MR) is 75.5 cm³/mol. The van der Waals surface area contributed by atoms with Crippen LogP contribution in [0.1, 0.15) is 11.6 Å². The van der Waals surface area contributed by atoms with E-state index in [0.29, 0.717) is 10.8 Å². The van der Waals surface area contributed by atoms with Crippen molar-refractivity contribution >= 4 is 23.4 Å². The second-order valence-corrected chi connectivity index (χ2v) is 5.39. The van der Waals surface area contributed by atoms with Gasteiger partial charge in [0.2, 0.25) is 0 Å². The molecule has 1 atom stereocenters. The van der Waals surface area contributed by atoms with E-state index in [2.05, 4.69) is 0 Å². The van der Waals surface area contributed by atoms with Gasteiger partial charge in [0.05, 0.1) is 0 Å². The second kappa shape index (κ2) is 6.23. The minimum absolute atomic E-state index is 0.131. The Morgan fingerprint density at radius 2 is 1.78 bits per heavy atom. The first-order chi connectivity index (χ1) is 8.66. The van der Waals surface area contributed by atoms with Gasteiger partial charge in [0, 0.05) is 21.7 Å². The molecule has 2 aromatic carbocycles. The topological polar surface area (TPSA) is 26.0 Å². The molecule has 0 spiro atoms. The van der Waals surface area contributed by atoms with Crippen LogP contribution in [0.2, 0.25) is 5.02 Å². The van der Waals surface area contributed by atoms with Gasteiger partial charge in [-0.25, -0.2) is 4.39 Å². The molecule has 18 heavy (non-hydrogen) atoms. The summed E-state index contributed by atoms with van der Waals surface area (Å²) >= 11 is 7.67. The largest absolute Gasteiger partial charge is 0.323 e. The molecule has 0 heterocycles. The van der Waals surface area contributed by atoms with Crippen molar-refractivity contribution in [2.45, 2.75) is 10.9 Å². The highest BCUT2D eigenvalue weighted by molar-refractivity contribution is 7.99. The molecule has 2 rings (SSSR count). The number of nitrogens with two attached hydrogens (primary N) is 1. The van der Waals surface area contributed by atoms with Gasteiger partial charge in [0.25, 0.3) is 0 Å². The Morgan fingerprint density at radius 3 is 2.44 bits per heavy atom. The summed E-state index contributed by atoms with van der Waals surface area (Å²) in [6.45, 7) is 0. The maximum atomic E-state index is 12.8. The zero-order valence-electron chi connectivity index (χ0n) is 9.64. The summed E-state index contributed by atoms with van der Waals surface area (Å²) in [4.78, 5) is 0.999. The zero-order chi connectivity index (χ0) is 13.0. The third-order valence-electron chi connectivity index (χ3n) is 2.55. The molecule has 0 amide bonds. The summed E-state index contributed by atoms with van der Waals surface area (Å²) < 4.78 is 12.8. The van der Waals surface area contributed by atoms with Gasteiger partial charge in [-0.2, -0.15) is 0 Å². The fourth-order valence-electron chi connectivity index (χ4n) is 1.58. The monoisotopic (exact) mass is 281 g/mol. The quantitative estimate of drug-likeness (QED) is 0.847. The van der Waals surface area contributed by atoms with E-state index in [1.807, 2.05) is 24.3 Å². The van der Waals surface area contributed by atoms with Crippen molar-refractivity contribution < 1.29 is 4.39 Å². The fourth-order valence-corrected chi connectivity index (χ4v) is 2.74. The van der Waals surface area contributed by atoms with Crippen LogP contribution in [-0.4, -0.2) is 5.75 Å². The first kappa shape index (κ1) is 13.4. The van der Waals surface area contributed by atoms with Crippen LogP contribution in [0.15, 0.2) is 53.4 Å². The SMILES string of the molecule is NC(CSc1ccc(F)cc1)c1ccccc1Cl. The highest BCUT2D eigenvalue weighted by atomic mass is 35.5. The van der Waals surface area contributed by atoms with Gasteiger partial charge in [-0.3, -0.25) is 0 Å². The van der Waals surface area contributed by atoms with E-state index in [-0.39, 0.29) is 11.9 Å². The Hall–Kier alpha value is -1.03.